The van der Waals surface area contributed by atoms with Gasteiger partial charge in [-0.05, 0) is 37.0 Å². The third kappa shape index (κ3) is 3.48. The van der Waals surface area contributed by atoms with Crippen LogP contribution >= 0.6 is 11.3 Å². The Morgan fingerprint density at radius 1 is 1.37 bits per heavy atom. The first-order chi connectivity index (χ1) is 8.69. The fourth-order valence-corrected chi connectivity index (χ4v) is 3.39. The molecule has 1 aromatic rings. The summed E-state index contributed by atoms with van der Waals surface area (Å²) in [6.07, 6.45) is -0.361. The standard InChI is InChI=1S/C13H18F3NOS/c1-12(2)5-3-8(4-6-12)10(18)9-7-17-11(19-9)13(14,15)16/h7-8,10,18H,3-6H2,1-2H3. The predicted molar refractivity (Wildman–Crippen MR) is 67.8 cm³/mol. The molecule has 1 atom stereocenters. The minimum absolute atomic E-state index is 0.0505. The molecule has 0 bridgehead atoms. The Bertz CT molecular complexity index is 431. The van der Waals surface area contributed by atoms with Gasteiger partial charge in [0.1, 0.15) is 0 Å². The second-order valence-electron chi connectivity index (χ2n) is 6.01. The molecule has 1 saturated carbocycles. The van der Waals surface area contributed by atoms with E-state index in [0.717, 1.165) is 31.9 Å². The lowest BCUT2D eigenvalue weighted by Crippen LogP contribution is -2.24. The second kappa shape index (κ2) is 5.05. The molecule has 2 rings (SSSR count). The fraction of sp³-hybridized carbons (Fsp3) is 0.769. The number of aromatic nitrogens is 1. The number of aliphatic hydroxyl groups is 1. The number of hydrogen-bond acceptors (Lipinski definition) is 3. The molecule has 1 aromatic heterocycles. The number of thiazole rings is 1. The lowest BCUT2D eigenvalue weighted by Gasteiger charge is -2.36. The molecular formula is C13H18F3NOS. The van der Waals surface area contributed by atoms with Crippen LogP contribution in [0.4, 0.5) is 13.2 Å². The second-order valence-corrected chi connectivity index (χ2v) is 7.07. The highest BCUT2D eigenvalue weighted by Gasteiger charge is 2.37. The van der Waals surface area contributed by atoms with Crippen molar-refractivity contribution < 1.29 is 18.3 Å². The van der Waals surface area contributed by atoms with Crippen molar-refractivity contribution in [2.75, 3.05) is 0 Å². The first-order valence-corrected chi connectivity index (χ1v) is 7.22. The molecule has 2 nitrogen and oxygen atoms in total. The number of alkyl halides is 3. The van der Waals surface area contributed by atoms with E-state index in [4.69, 9.17) is 0 Å². The van der Waals surface area contributed by atoms with Crippen molar-refractivity contribution in [2.24, 2.45) is 11.3 Å². The number of aliphatic hydroxyl groups excluding tert-OH is 1. The summed E-state index contributed by atoms with van der Waals surface area (Å²) >= 11 is 0.555. The van der Waals surface area contributed by atoms with Gasteiger partial charge in [-0.2, -0.15) is 13.2 Å². The zero-order chi connectivity index (χ0) is 14.3. The van der Waals surface area contributed by atoms with Gasteiger partial charge in [0.05, 0.1) is 11.0 Å². The van der Waals surface area contributed by atoms with Gasteiger partial charge in [-0.3, -0.25) is 0 Å². The van der Waals surface area contributed by atoms with Gasteiger partial charge >= 0.3 is 6.18 Å². The van der Waals surface area contributed by atoms with Crippen molar-refractivity contribution in [1.82, 2.24) is 4.98 Å². The van der Waals surface area contributed by atoms with E-state index >= 15 is 0 Å². The molecular weight excluding hydrogens is 275 g/mol. The molecule has 19 heavy (non-hydrogen) atoms. The quantitative estimate of drug-likeness (QED) is 0.876. The molecule has 1 aliphatic rings. The van der Waals surface area contributed by atoms with E-state index in [-0.39, 0.29) is 11.3 Å². The summed E-state index contributed by atoms with van der Waals surface area (Å²) in [5, 5.41) is 9.32. The van der Waals surface area contributed by atoms with Crippen molar-refractivity contribution >= 4 is 11.3 Å². The third-order valence-corrected chi connectivity index (χ3v) is 5.00. The topological polar surface area (TPSA) is 33.1 Å². The summed E-state index contributed by atoms with van der Waals surface area (Å²) in [5.74, 6) is 0.0505. The number of halogens is 3. The van der Waals surface area contributed by atoms with Crippen molar-refractivity contribution in [2.45, 2.75) is 51.8 Å². The molecule has 108 valence electrons. The van der Waals surface area contributed by atoms with E-state index in [1.54, 1.807) is 0 Å². The van der Waals surface area contributed by atoms with E-state index in [1.165, 1.54) is 0 Å². The summed E-state index contributed by atoms with van der Waals surface area (Å²) < 4.78 is 37.4. The van der Waals surface area contributed by atoms with E-state index in [1.807, 2.05) is 0 Å². The molecule has 0 saturated heterocycles. The van der Waals surface area contributed by atoms with Crippen molar-refractivity contribution in [3.05, 3.63) is 16.1 Å². The van der Waals surface area contributed by atoms with Gasteiger partial charge in [0.15, 0.2) is 5.01 Å². The lowest BCUT2D eigenvalue weighted by molar-refractivity contribution is -0.137. The van der Waals surface area contributed by atoms with Gasteiger partial charge < -0.3 is 5.11 Å². The third-order valence-electron chi connectivity index (χ3n) is 3.89. The molecule has 1 heterocycles. The first-order valence-electron chi connectivity index (χ1n) is 6.40. The minimum atomic E-state index is -4.42. The molecule has 6 heteroatoms. The Hall–Kier alpha value is -0.620. The summed E-state index contributed by atoms with van der Waals surface area (Å²) in [7, 11) is 0. The Kier molecular flexibility index (Phi) is 3.93. The molecule has 1 fully saturated rings. The highest BCUT2D eigenvalue weighted by atomic mass is 32.1. The predicted octanol–water partition coefficient (Wildman–Crippen LogP) is 4.41. The summed E-state index contributed by atoms with van der Waals surface area (Å²) in [6, 6.07) is 0. The van der Waals surface area contributed by atoms with Crippen LogP contribution in [0, 0.1) is 11.3 Å². The van der Waals surface area contributed by atoms with Crippen LogP contribution in [0.25, 0.3) is 0 Å². The van der Waals surface area contributed by atoms with E-state index < -0.39 is 17.3 Å². The number of rotatable bonds is 2. The van der Waals surface area contributed by atoms with Crippen LogP contribution in [-0.4, -0.2) is 10.1 Å². The van der Waals surface area contributed by atoms with Gasteiger partial charge in [-0.1, -0.05) is 13.8 Å². The lowest BCUT2D eigenvalue weighted by atomic mass is 9.71. The van der Waals surface area contributed by atoms with Crippen molar-refractivity contribution in [1.29, 1.82) is 0 Å². The summed E-state index contributed by atoms with van der Waals surface area (Å²) in [6.45, 7) is 4.37. The van der Waals surface area contributed by atoms with Crippen LogP contribution in [0.1, 0.15) is 55.5 Å². The minimum Gasteiger partial charge on any atom is -0.387 e. The summed E-state index contributed by atoms with van der Waals surface area (Å²) in [5.41, 5.74) is 0.279. The van der Waals surface area contributed by atoms with E-state index in [9.17, 15) is 18.3 Å². The van der Waals surface area contributed by atoms with E-state index in [2.05, 4.69) is 18.8 Å². The maximum absolute atomic E-state index is 12.5. The molecule has 1 N–H and O–H groups in total. The maximum Gasteiger partial charge on any atom is 0.443 e. The van der Waals surface area contributed by atoms with E-state index in [0.29, 0.717) is 16.2 Å². The molecule has 0 aromatic carbocycles. The Morgan fingerprint density at radius 2 is 1.95 bits per heavy atom. The first kappa shape index (κ1) is 14.8. The molecule has 0 amide bonds. The highest BCUT2D eigenvalue weighted by molar-refractivity contribution is 7.11. The monoisotopic (exact) mass is 293 g/mol. The molecule has 0 spiro atoms. The highest BCUT2D eigenvalue weighted by Crippen LogP contribution is 2.44. The molecule has 1 aliphatic carbocycles. The number of hydrogen-bond donors (Lipinski definition) is 1. The van der Waals surface area contributed by atoms with Gasteiger partial charge in [0.25, 0.3) is 0 Å². The van der Waals surface area contributed by atoms with Crippen LogP contribution in [-0.2, 0) is 6.18 Å². The Balaban J connectivity index is 2.04. The molecule has 0 aliphatic heterocycles. The van der Waals surface area contributed by atoms with Gasteiger partial charge in [-0.15, -0.1) is 11.3 Å². The zero-order valence-electron chi connectivity index (χ0n) is 11.0. The Labute approximate surface area is 114 Å². The SMILES string of the molecule is CC1(C)CCC(C(O)c2cnc(C(F)(F)F)s2)CC1. The molecule has 0 radical (unpaired) electrons. The van der Waals surface area contributed by atoms with Crippen molar-refractivity contribution in [3.63, 3.8) is 0 Å². The Morgan fingerprint density at radius 3 is 2.42 bits per heavy atom. The van der Waals surface area contributed by atoms with Gasteiger partial charge in [-0.25, -0.2) is 4.98 Å². The van der Waals surface area contributed by atoms with Crippen LogP contribution < -0.4 is 0 Å². The molecule has 1 unspecified atom stereocenters. The smallest absolute Gasteiger partial charge is 0.387 e. The average molecular weight is 293 g/mol. The summed E-state index contributed by atoms with van der Waals surface area (Å²) in [4.78, 5) is 3.70. The van der Waals surface area contributed by atoms with Gasteiger partial charge in [0, 0.05) is 6.20 Å². The number of nitrogens with zero attached hydrogens (tertiary/aromatic N) is 1. The fourth-order valence-electron chi connectivity index (χ4n) is 2.52. The average Bonchev–Trinajstić information content (AvgIpc) is 2.77. The van der Waals surface area contributed by atoms with Gasteiger partial charge in [0.2, 0.25) is 0 Å². The normalized spacial score (nSPS) is 22.4. The van der Waals surface area contributed by atoms with Crippen LogP contribution in [0.3, 0.4) is 0 Å². The van der Waals surface area contributed by atoms with Crippen LogP contribution in [0.2, 0.25) is 0 Å². The van der Waals surface area contributed by atoms with Crippen molar-refractivity contribution in [3.8, 4) is 0 Å². The largest absolute Gasteiger partial charge is 0.443 e. The van der Waals surface area contributed by atoms with Crippen LogP contribution in [0.15, 0.2) is 6.20 Å². The maximum atomic E-state index is 12.5. The van der Waals surface area contributed by atoms with Crippen LogP contribution in [0.5, 0.6) is 0 Å². The zero-order valence-corrected chi connectivity index (χ0v) is 11.8.